The van der Waals surface area contributed by atoms with Gasteiger partial charge in [0.15, 0.2) is 0 Å². The van der Waals surface area contributed by atoms with Crippen LogP contribution in [0.15, 0.2) is 48.5 Å². The van der Waals surface area contributed by atoms with Gasteiger partial charge in [-0.25, -0.2) is 4.39 Å². The monoisotopic (exact) mass is 509 g/mol. The maximum absolute atomic E-state index is 13.0. The number of piperidine rings is 1. The van der Waals surface area contributed by atoms with Crippen molar-refractivity contribution in [2.75, 3.05) is 18.4 Å². The molecule has 1 fully saturated rings. The summed E-state index contributed by atoms with van der Waals surface area (Å²) in [7, 11) is 0. The van der Waals surface area contributed by atoms with Crippen LogP contribution in [0.1, 0.15) is 56.9 Å². The van der Waals surface area contributed by atoms with Gasteiger partial charge >= 0.3 is 0 Å². The number of aryl methyl sites for hydroxylation is 1. The summed E-state index contributed by atoms with van der Waals surface area (Å²) < 4.78 is 13.0. The number of hydrogen-bond donors (Lipinski definition) is 2. The molecule has 3 aromatic rings. The van der Waals surface area contributed by atoms with Crippen LogP contribution in [0.5, 0.6) is 0 Å². The topological polar surface area (TPSA) is 104 Å². The fraction of sp³-hybridized carbons (Fsp3) is 0.346. The smallest absolute Gasteiger partial charge is 0.286 e. The van der Waals surface area contributed by atoms with Crippen LogP contribution in [0.4, 0.5) is 10.1 Å². The number of anilines is 1. The summed E-state index contributed by atoms with van der Waals surface area (Å²) in [6.45, 7) is 3.66. The Hall–Kier alpha value is -3.66. The van der Waals surface area contributed by atoms with Crippen molar-refractivity contribution < 1.29 is 18.8 Å². The molecule has 0 unspecified atom stereocenters. The van der Waals surface area contributed by atoms with E-state index in [1.807, 2.05) is 12.1 Å². The van der Waals surface area contributed by atoms with Crippen molar-refractivity contribution in [2.24, 2.45) is 5.92 Å². The number of carbonyl (C=O) groups is 3. The first-order chi connectivity index (χ1) is 17.4. The zero-order valence-electron chi connectivity index (χ0n) is 20.0. The lowest BCUT2D eigenvalue weighted by Crippen LogP contribution is -2.39. The molecule has 2 N–H and O–H groups in total. The van der Waals surface area contributed by atoms with E-state index in [1.54, 1.807) is 4.90 Å². The van der Waals surface area contributed by atoms with E-state index < -0.39 is 11.7 Å². The molecule has 36 heavy (non-hydrogen) atoms. The predicted octanol–water partition coefficient (Wildman–Crippen LogP) is 4.05. The minimum absolute atomic E-state index is 0.0141. The third-order valence-corrected chi connectivity index (χ3v) is 7.11. The van der Waals surface area contributed by atoms with E-state index in [9.17, 15) is 18.8 Å². The molecule has 0 aliphatic carbocycles. The van der Waals surface area contributed by atoms with E-state index in [2.05, 4.69) is 39.9 Å². The first kappa shape index (κ1) is 25.4. The van der Waals surface area contributed by atoms with Gasteiger partial charge in [-0.3, -0.25) is 14.4 Å². The number of carbonyl (C=O) groups excluding carboxylic acids is 3. The Bertz CT molecular complexity index is 1210. The molecule has 0 radical (unpaired) electrons. The minimum Gasteiger partial charge on any atom is -0.352 e. The summed E-state index contributed by atoms with van der Waals surface area (Å²) >= 11 is 0.920. The fourth-order valence-electron chi connectivity index (χ4n) is 4.02. The fourth-order valence-corrected chi connectivity index (χ4v) is 4.73. The summed E-state index contributed by atoms with van der Waals surface area (Å²) in [5, 5.41) is 13.5. The first-order valence-corrected chi connectivity index (χ1v) is 12.8. The highest BCUT2D eigenvalue weighted by Crippen LogP contribution is 2.23. The standard InChI is InChI=1S/C26H28FN5O3S/c1-2-17-3-5-19(6-4-17)16-28-22(33)15-18-11-13-32(14-12-18)26(35)25-31-30-24(36-25)23(34)29-21-9-7-20(27)8-10-21/h3-10,18H,2,11-16H2,1H3,(H,28,33)(H,29,34). The van der Waals surface area contributed by atoms with Gasteiger partial charge in [0.2, 0.25) is 15.9 Å². The van der Waals surface area contributed by atoms with Crippen molar-refractivity contribution in [3.05, 3.63) is 75.5 Å². The molecular weight excluding hydrogens is 481 g/mol. The van der Waals surface area contributed by atoms with Crippen LogP contribution in [0.2, 0.25) is 0 Å². The summed E-state index contributed by atoms with van der Waals surface area (Å²) in [5.41, 5.74) is 2.76. The van der Waals surface area contributed by atoms with Gasteiger partial charge in [0.25, 0.3) is 11.8 Å². The van der Waals surface area contributed by atoms with E-state index in [0.717, 1.165) is 36.2 Å². The molecule has 10 heteroatoms. The summed E-state index contributed by atoms with van der Waals surface area (Å²) in [6.07, 6.45) is 2.87. The number of amides is 3. The van der Waals surface area contributed by atoms with Crippen LogP contribution in [0.3, 0.4) is 0 Å². The number of nitrogens with one attached hydrogen (secondary N) is 2. The molecule has 0 atom stereocenters. The maximum Gasteiger partial charge on any atom is 0.286 e. The van der Waals surface area contributed by atoms with Crippen molar-refractivity contribution in [1.29, 1.82) is 0 Å². The van der Waals surface area contributed by atoms with Gasteiger partial charge in [-0.2, -0.15) is 0 Å². The van der Waals surface area contributed by atoms with Crippen molar-refractivity contribution in [1.82, 2.24) is 20.4 Å². The van der Waals surface area contributed by atoms with Gasteiger partial charge in [-0.1, -0.05) is 42.5 Å². The zero-order chi connectivity index (χ0) is 25.5. The van der Waals surface area contributed by atoms with Gasteiger partial charge < -0.3 is 15.5 Å². The van der Waals surface area contributed by atoms with E-state index in [-0.39, 0.29) is 27.7 Å². The average Bonchev–Trinajstić information content (AvgIpc) is 3.40. The largest absolute Gasteiger partial charge is 0.352 e. The summed E-state index contributed by atoms with van der Waals surface area (Å²) in [4.78, 5) is 39.3. The highest BCUT2D eigenvalue weighted by molar-refractivity contribution is 7.15. The average molecular weight is 510 g/mol. The molecule has 2 heterocycles. The molecule has 1 saturated heterocycles. The molecule has 0 bridgehead atoms. The Balaban J connectivity index is 1.21. The van der Waals surface area contributed by atoms with Crippen molar-refractivity contribution in [3.63, 3.8) is 0 Å². The Kier molecular flexibility index (Phi) is 8.37. The maximum atomic E-state index is 13.0. The highest BCUT2D eigenvalue weighted by atomic mass is 32.1. The van der Waals surface area contributed by atoms with Gasteiger partial charge in [0.05, 0.1) is 0 Å². The molecule has 2 aromatic carbocycles. The Morgan fingerprint density at radius 2 is 1.61 bits per heavy atom. The van der Waals surface area contributed by atoms with Crippen LogP contribution < -0.4 is 10.6 Å². The van der Waals surface area contributed by atoms with E-state index in [0.29, 0.717) is 31.7 Å². The number of aromatic nitrogens is 2. The lowest BCUT2D eigenvalue weighted by molar-refractivity contribution is -0.122. The van der Waals surface area contributed by atoms with E-state index >= 15 is 0 Å². The van der Waals surface area contributed by atoms with Crippen molar-refractivity contribution in [3.8, 4) is 0 Å². The van der Waals surface area contributed by atoms with Crippen LogP contribution >= 0.6 is 11.3 Å². The van der Waals surface area contributed by atoms with Crippen LogP contribution in [0.25, 0.3) is 0 Å². The number of hydrogen-bond acceptors (Lipinski definition) is 6. The molecule has 1 aliphatic heterocycles. The van der Waals surface area contributed by atoms with Crippen LogP contribution in [-0.4, -0.2) is 45.9 Å². The Labute approximate surface area is 212 Å². The molecular formula is C26H28FN5O3S. The third kappa shape index (κ3) is 6.72. The summed E-state index contributed by atoms with van der Waals surface area (Å²) in [5.74, 6) is -0.960. The molecule has 8 nitrogen and oxygen atoms in total. The van der Waals surface area contributed by atoms with Gasteiger partial charge in [-0.15, -0.1) is 10.2 Å². The number of likely N-dealkylation sites (tertiary alicyclic amines) is 1. The second-order valence-corrected chi connectivity index (χ2v) is 9.74. The second kappa shape index (κ2) is 11.9. The molecule has 0 saturated carbocycles. The Morgan fingerprint density at radius 3 is 2.28 bits per heavy atom. The lowest BCUT2D eigenvalue weighted by Gasteiger charge is -2.31. The zero-order valence-corrected chi connectivity index (χ0v) is 20.8. The quantitative estimate of drug-likeness (QED) is 0.477. The molecule has 1 aliphatic rings. The normalized spacial score (nSPS) is 13.9. The molecule has 0 spiro atoms. The number of rotatable bonds is 8. The Morgan fingerprint density at radius 1 is 0.972 bits per heavy atom. The second-order valence-electron chi connectivity index (χ2n) is 8.76. The van der Waals surface area contributed by atoms with Crippen LogP contribution in [-0.2, 0) is 17.8 Å². The van der Waals surface area contributed by atoms with Crippen LogP contribution in [0, 0.1) is 11.7 Å². The number of benzene rings is 2. The predicted molar refractivity (Wildman–Crippen MR) is 135 cm³/mol. The number of nitrogens with zero attached hydrogens (tertiary/aromatic N) is 3. The molecule has 3 amide bonds. The van der Waals surface area contributed by atoms with Gasteiger partial charge in [0, 0.05) is 31.7 Å². The molecule has 1 aromatic heterocycles. The number of halogens is 1. The van der Waals surface area contributed by atoms with E-state index in [1.165, 1.54) is 29.8 Å². The lowest BCUT2D eigenvalue weighted by atomic mass is 9.93. The first-order valence-electron chi connectivity index (χ1n) is 12.0. The molecule has 4 rings (SSSR count). The molecule has 188 valence electrons. The third-order valence-electron chi connectivity index (χ3n) is 6.20. The van der Waals surface area contributed by atoms with E-state index in [4.69, 9.17) is 0 Å². The minimum atomic E-state index is -0.510. The highest BCUT2D eigenvalue weighted by Gasteiger charge is 2.28. The van der Waals surface area contributed by atoms with Crippen molar-refractivity contribution >= 4 is 34.7 Å². The van der Waals surface area contributed by atoms with Gasteiger partial charge in [-0.05, 0) is 60.6 Å². The van der Waals surface area contributed by atoms with Gasteiger partial charge in [0.1, 0.15) is 5.82 Å². The SMILES string of the molecule is CCc1ccc(CNC(=O)CC2CCN(C(=O)c3nnc(C(=O)Nc4ccc(F)cc4)s3)CC2)cc1. The van der Waals surface area contributed by atoms with Crippen molar-refractivity contribution in [2.45, 2.75) is 39.2 Å². The summed E-state index contributed by atoms with van der Waals surface area (Å²) in [6, 6.07) is 13.6.